The summed E-state index contributed by atoms with van der Waals surface area (Å²) in [6.45, 7) is -0.956. The number of aliphatic hydroxyl groups excluding tert-OH is 1. The van der Waals surface area contributed by atoms with E-state index in [1.165, 1.54) is 12.5 Å². The van der Waals surface area contributed by atoms with Gasteiger partial charge in [0, 0.05) is 41.8 Å². The van der Waals surface area contributed by atoms with Gasteiger partial charge in [0.1, 0.15) is 18.1 Å². The van der Waals surface area contributed by atoms with Crippen molar-refractivity contribution in [1.82, 2.24) is 30.9 Å². The van der Waals surface area contributed by atoms with E-state index in [0.717, 1.165) is 10.9 Å². The molecule has 0 bridgehead atoms. The van der Waals surface area contributed by atoms with E-state index in [0.29, 0.717) is 11.3 Å². The number of nitrogens with two attached hydrogens (primary N) is 1. The van der Waals surface area contributed by atoms with Gasteiger partial charge in [-0.15, -0.1) is 0 Å². The lowest BCUT2D eigenvalue weighted by molar-refractivity contribution is -0.144. The molecule has 39 heavy (non-hydrogen) atoms. The van der Waals surface area contributed by atoms with Gasteiger partial charge in [-0.2, -0.15) is 0 Å². The number of imidazole rings is 1. The van der Waals surface area contributed by atoms with Gasteiger partial charge in [0.15, 0.2) is 0 Å². The smallest absolute Gasteiger partial charge is 0.328 e. The van der Waals surface area contributed by atoms with Crippen LogP contribution in [0.2, 0.25) is 0 Å². The van der Waals surface area contributed by atoms with Crippen LogP contribution < -0.4 is 21.7 Å². The van der Waals surface area contributed by atoms with Crippen molar-refractivity contribution in [2.45, 2.75) is 43.4 Å². The molecular formula is C24H29N7O8. The van der Waals surface area contributed by atoms with E-state index in [-0.39, 0.29) is 12.8 Å². The number of amides is 3. The van der Waals surface area contributed by atoms with Crippen molar-refractivity contribution in [3.63, 3.8) is 0 Å². The Hall–Kier alpha value is -4.76. The number of aromatic amines is 2. The molecule has 3 rings (SSSR count). The van der Waals surface area contributed by atoms with Gasteiger partial charge in [-0.05, 0) is 11.6 Å². The molecule has 10 N–H and O–H groups in total. The van der Waals surface area contributed by atoms with Crippen molar-refractivity contribution in [2.24, 2.45) is 5.73 Å². The van der Waals surface area contributed by atoms with E-state index in [1.54, 1.807) is 12.3 Å². The van der Waals surface area contributed by atoms with Crippen LogP contribution in [-0.2, 0) is 36.8 Å². The summed E-state index contributed by atoms with van der Waals surface area (Å²) in [5.41, 5.74) is 8.03. The molecule has 0 radical (unpaired) electrons. The lowest BCUT2D eigenvalue weighted by atomic mass is 10.0. The third-order valence-corrected chi connectivity index (χ3v) is 5.87. The Morgan fingerprint density at radius 3 is 2.21 bits per heavy atom. The molecule has 1 aromatic carbocycles. The van der Waals surface area contributed by atoms with E-state index < -0.39 is 66.9 Å². The minimum atomic E-state index is -1.71. The summed E-state index contributed by atoms with van der Waals surface area (Å²) < 4.78 is 0. The Labute approximate surface area is 221 Å². The fourth-order valence-electron chi connectivity index (χ4n) is 3.85. The molecule has 3 amide bonds. The number of aliphatic hydroxyl groups is 1. The summed E-state index contributed by atoms with van der Waals surface area (Å²) in [5.74, 6) is -5.73. The number of carbonyl (C=O) groups is 5. The fourth-order valence-corrected chi connectivity index (χ4v) is 3.85. The molecule has 2 aromatic heterocycles. The normalized spacial score (nSPS) is 14.1. The summed E-state index contributed by atoms with van der Waals surface area (Å²) in [6.07, 6.45) is 3.73. The molecule has 208 valence electrons. The molecule has 0 saturated carbocycles. The highest BCUT2D eigenvalue weighted by Crippen LogP contribution is 2.19. The van der Waals surface area contributed by atoms with Crippen LogP contribution in [0.4, 0.5) is 0 Å². The Bertz CT molecular complexity index is 1320. The predicted molar refractivity (Wildman–Crippen MR) is 135 cm³/mol. The van der Waals surface area contributed by atoms with E-state index in [9.17, 15) is 34.2 Å². The zero-order valence-electron chi connectivity index (χ0n) is 20.6. The maximum atomic E-state index is 13.3. The second kappa shape index (κ2) is 13.2. The number of nitrogens with one attached hydrogen (secondary N) is 5. The van der Waals surface area contributed by atoms with Crippen LogP contribution in [0.3, 0.4) is 0 Å². The second-order valence-corrected chi connectivity index (χ2v) is 8.75. The Morgan fingerprint density at radius 2 is 1.56 bits per heavy atom. The van der Waals surface area contributed by atoms with Gasteiger partial charge in [0.05, 0.1) is 25.4 Å². The van der Waals surface area contributed by atoms with Crippen molar-refractivity contribution in [3.05, 3.63) is 54.2 Å². The lowest BCUT2D eigenvalue weighted by Gasteiger charge is -2.24. The third kappa shape index (κ3) is 7.86. The molecule has 0 aliphatic rings. The second-order valence-electron chi connectivity index (χ2n) is 8.75. The number of hydrogen-bond acceptors (Lipinski definition) is 8. The Balaban J connectivity index is 1.83. The van der Waals surface area contributed by atoms with Gasteiger partial charge in [-0.25, -0.2) is 9.78 Å². The fraction of sp³-hybridized carbons (Fsp3) is 0.333. The highest BCUT2D eigenvalue weighted by atomic mass is 16.4. The molecule has 15 nitrogen and oxygen atoms in total. The first-order valence-corrected chi connectivity index (χ1v) is 11.8. The van der Waals surface area contributed by atoms with Gasteiger partial charge in [-0.1, -0.05) is 18.2 Å². The molecule has 4 atom stereocenters. The van der Waals surface area contributed by atoms with Crippen molar-refractivity contribution >= 4 is 40.6 Å². The molecule has 3 aromatic rings. The average Bonchev–Trinajstić information content (AvgIpc) is 3.55. The first-order valence-electron chi connectivity index (χ1n) is 11.8. The van der Waals surface area contributed by atoms with E-state index in [1.807, 2.05) is 23.5 Å². The molecule has 0 saturated heterocycles. The van der Waals surface area contributed by atoms with Crippen LogP contribution in [0.5, 0.6) is 0 Å². The van der Waals surface area contributed by atoms with E-state index in [4.69, 9.17) is 10.8 Å². The zero-order chi connectivity index (χ0) is 28.5. The first-order chi connectivity index (χ1) is 18.6. The number of aliphatic carboxylic acids is 2. The monoisotopic (exact) mass is 543 g/mol. The number of H-pyrrole nitrogens is 2. The van der Waals surface area contributed by atoms with Crippen LogP contribution in [0, 0.1) is 0 Å². The Kier molecular flexibility index (Phi) is 9.72. The van der Waals surface area contributed by atoms with Crippen LogP contribution in [-0.4, -0.2) is 90.7 Å². The standard InChI is InChI=1S/C24H29N7O8/c25-15(6-13-9-26-11-28-13)21(35)29-17(5-12-8-27-16-4-2-1-3-14(12)16)22(36)30-18(7-20(33)34)23(37)31-19(10-32)24(38)39/h1-4,8-9,11,15,17-19,27,32H,5-7,10,25H2,(H,26,28)(H,29,35)(H,30,36)(H,31,37)(H,33,34)(H,38,39). The number of fused-ring (bicyclic) bond motifs is 1. The summed E-state index contributed by atoms with van der Waals surface area (Å²) in [4.78, 5) is 71.2. The zero-order valence-corrected chi connectivity index (χ0v) is 20.6. The number of aromatic nitrogens is 3. The van der Waals surface area contributed by atoms with Gasteiger partial charge in [-0.3, -0.25) is 19.2 Å². The molecule has 0 aliphatic heterocycles. The van der Waals surface area contributed by atoms with Gasteiger partial charge < -0.3 is 47.0 Å². The van der Waals surface area contributed by atoms with Gasteiger partial charge in [0.25, 0.3) is 0 Å². The van der Waals surface area contributed by atoms with Crippen molar-refractivity contribution in [3.8, 4) is 0 Å². The number of para-hydroxylation sites is 1. The first kappa shape index (κ1) is 28.8. The van der Waals surface area contributed by atoms with E-state index in [2.05, 4.69) is 25.6 Å². The topological polar surface area (TPSA) is 253 Å². The summed E-state index contributed by atoms with van der Waals surface area (Å²) >= 11 is 0. The lowest BCUT2D eigenvalue weighted by Crippen LogP contribution is -2.58. The van der Waals surface area contributed by atoms with Crippen molar-refractivity contribution in [1.29, 1.82) is 0 Å². The average molecular weight is 544 g/mol. The SMILES string of the molecule is NC(Cc1cnc[nH]1)C(=O)NC(Cc1c[nH]c2ccccc12)C(=O)NC(CC(=O)O)C(=O)NC(CO)C(=O)O. The summed E-state index contributed by atoms with van der Waals surface area (Å²) in [5, 5.41) is 35.1. The molecule has 2 heterocycles. The molecular weight excluding hydrogens is 514 g/mol. The minimum Gasteiger partial charge on any atom is -0.481 e. The van der Waals surface area contributed by atoms with E-state index >= 15 is 0 Å². The highest BCUT2D eigenvalue weighted by Gasteiger charge is 2.32. The Morgan fingerprint density at radius 1 is 0.897 bits per heavy atom. The largest absolute Gasteiger partial charge is 0.481 e. The summed E-state index contributed by atoms with van der Waals surface area (Å²) in [6, 6.07) is 1.46. The minimum absolute atomic E-state index is 0.0475. The number of rotatable bonds is 14. The molecule has 0 fully saturated rings. The van der Waals surface area contributed by atoms with Crippen LogP contribution in [0.25, 0.3) is 10.9 Å². The quantitative estimate of drug-likeness (QED) is 0.108. The maximum absolute atomic E-state index is 13.3. The number of carboxylic acids is 2. The molecule has 0 spiro atoms. The number of carbonyl (C=O) groups excluding carboxylic acids is 3. The molecule has 15 heteroatoms. The summed E-state index contributed by atoms with van der Waals surface area (Å²) in [7, 11) is 0. The van der Waals surface area contributed by atoms with Crippen molar-refractivity contribution < 1.29 is 39.3 Å². The molecule has 0 aliphatic carbocycles. The number of hydrogen-bond donors (Lipinski definition) is 9. The van der Waals surface area contributed by atoms with Crippen LogP contribution >= 0.6 is 0 Å². The maximum Gasteiger partial charge on any atom is 0.328 e. The highest BCUT2D eigenvalue weighted by molar-refractivity contribution is 5.96. The van der Waals surface area contributed by atoms with Gasteiger partial charge >= 0.3 is 11.9 Å². The van der Waals surface area contributed by atoms with Gasteiger partial charge in [0.2, 0.25) is 17.7 Å². The van der Waals surface area contributed by atoms with Crippen molar-refractivity contribution in [2.75, 3.05) is 6.61 Å². The predicted octanol–water partition coefficient (Wildman–Crippen LogP) is -1.99. The number of benzene rings is 1. The number of carboxylic acid groups (broad SMARTS) is 2. The van der Waals surface area contributed by atoms with Crippen LogP contribution in [0.1, 0.15) is 17.7 Å². The van der Waals surface area contributed by atoms with Crippen LogP contribution in [0.15, 0.2) is 43.0 Å². The molecule has 4 unspecified atom stereocenters. The third-order valence-electron chi connectivity index (χ3n) is 5.87. The number of nitrogens with zero attached hydrogens (tertiary/aromatic N) is 1.